The van der Waals surface area contributed by atoms with Crippen molar-refractivity contribution in [3.63, 3.8) is 0 Å². The van der Waals surface area contributed by atoms with Gasteiger partial charge in [0.15, 0.2) is 0 Å². The van der Waals surface area contributed by atoms with Gasteiger partial charge < -0.3 is 10.6 Å². The fraction of sp³-hybridized carbons (Fsp3) is 0.364. The summed E-state index contributed by atoms with van der Waals surface area (Å²) in [5, 5.41) is 7.10. The number of aliphatic imine (C=N–C) groups is 1. The summed E-state index contributed by atoms with van der Waals surface area (Å²) in [7, 11) is 1.68. The van der Waals surface area contributed by atoms with Crippen molar-refractivity contribution in [3.05, 3.63) is 64.2 Å². The van der Waals surface area contributed by atoms with Crippen LogP contribution in [0.3, 0.4) is 0 Å². The highest BCUT2D eigenvalue weighted by molar-refractivity contribution is 7.99. The lowest BCUT2D eigenvalue weighted by Crippen LogP contribution is -2.45. The molecule has 2 aromatic carbocycles. The molecule has 1 saturated heterocycles. The van der Waals surface area contributed by atoms with Crippen molar-refractivity contribution in [1.82, 2.24) is 5.32 Å². The van der Waals surface area contributed by atoms with Crippen LogP contribution >= 0.6 is 23.4 Å². The average Bonchev–Trinajstić information content (AvgIpc) is 2.72. The number of nitrogens with zero attached hydrogens (tertiary/aromatic N) is 1. The minimum absolute atomic E-state index is 0.0268. The molecule has 0 radical (unpaired) electrons. The molecule has 0 atom stereocenters. The summed E-state index contributed by atoms with van der Waals surface area (Å²) < 4.78 is 0. The van der Waals surface area contributed by atoms with Gasteiger partial charge in [-0.1, -0.05) is 29.8 Å². The summed E-state index contributed by atoms with van der Waals surface area (Å²) in [6, 6.07) is 13.8. The summed E-state index contributed by atoms with van der Waals surface area (Å²) in [5.74, 6) is 3.26. The van der Waals surface area contributed by atoms with E-state index in [1.165, 1.54) is 0 Å². The predicted octanol–water partition coefficient (Wildman–Crippen LogP) is 4.78. The lowest BCUT2D eigenvalue weighted by atomic mass is 9.72. The molecule has 4 nitrogen and oxygen atoms in total. The Bertz CT molecular complexity index is 922. The molecule has 2 N–H and O–H groups in total. The summed E-state index contributed by atoms with van der Waals surface area (Å²) in [5.41, 5.74) is 3.94. The van der Waals surface area contributed by atoms with E-state index in [9.17, 15) is 4.79 Å². The molecular formula is C22H24ClN3OS. The Morgan fingerprint density at radius 3 is 2.79 bits per heavy atom. The lowest BCUT2D eigenvalue weighted by molar-refractivity contribution is 0.0961. The standard InChI is InChI=1S/C22H24ClN3OS/c1-24-20(27)17-6-3-7-19-18(17)13-22(8-10-28-11-9-22)21(26-19)25-14-15-4-2-5-16(23)12-15/h2-7,12H,8-11,13-14H2,1H3,(H,24,27)(H,25,26). The van der Waals surface area contributed by atoms with Crippen LogP contribution in [0.1, 0.15) is 34.3 Å². The number of amidine groups is 1. The van der Waals surface area contributed by atoms with E-state index in [1.54, 1.807) is 7.05 Å². The van der Waals surface area contributed by atoms with Crippen LogP contribution in [0.15, 0.2) is 47.5 Å². The molecule has 6 heteroatoms. The Balaban J connectivity index is 1.72. The number of fused-ring (bicyclic) bond motifs is 1. The van der Waals surface area contributed by atoms with Crippen molar-refractivity contribution in [3.8, 4) is 0 Å². The Labute approximate surface area is 175 Å². The Hall–Kier alpha value is -1.98. The van der Waals surface area contributed by atoms with E-state index in [0.29, 0.717) is 6.54 Å². The second-order valence-corrected chi connectivity index (χ2v) is 9.06. The predicted molar refractivity (Wildman–Crippen MR) is 119 cm³/mol. The maximum atomic E-state index is 12.4. The quantitative estimate of drug-likeness (QED) is 0.761. The Morgan fingerprint density at radius 1 is 1.25 bits per heavy atom. The smallest absolute Gasteiger partial charge is 0.251 e. The SMILES string of the molecule is CNC(=O)c1cccc2c1CC1(CCSCC1)C(=NCc1cccc(Cl)c1)N2. The number of nitrogens with one attached hydrogen (secondary N) is 2. The van der Waals surface area contributed by atoms with Gasteiger partial charge in [0.2, 0.25) is 0 Å². The van der Waals surface area contributed by atoms with Crippen molar-refractivity contribution in [1.29, 1.82) is 0 Å². The first-order valence-corrected chi connectivity index (χ1v) is 11.1. The molecule has 0 bridgehead atoms. The molecule has 2 aliphatic heterocycles. The molecule has 0 aliphatic carbocycles. The van der Waals surface area contributed by atoms with Crippen LogP contribution in [0.4, 0.5) is 5.69 Å². The molecule has 146 valence electrons. The number of hydrogen-bond acceptors (Lipinski definition) is 3. The number of carbonyl (C=O) groups is 1. The monoisotopic (exact) mass is 413 g/mol. The van der Waals surface area contributed by atoms with Gasteiger partial charge in [0.25, 0.3) is 5.91 Å². The van der Waals surface area contributed by atoms with E-state index in [2.05, 4.69) is 16.7 Å². The third-order valence-corrected chi connectivity index (χ3v) is 6.90. The zero-order valence-electron chi connectivity index (χ0n) is 15.9. The van der Waals surface area contributed by atoms with Crippen LogP contribution in [0, 0.1) is 5.41 Å². The number of benzene rings is 2. The molecule has 0 aromatic heterocycles. The average molecular weight is 414 g/mol. The second-order valence-electron chi connectivity index (χ2n) is 7.40. The van der Waals surface area contributed by atoms with Gasteiger partial charge in [-0.3, -0.25) is 9.79 Å². The molecule has 2 aliphatic rings. The molecular weight excluding hydrogens is 390 g/mol. The number of thioether (sulfide) groups is 1. The van der Waals surface area contributed by atoms with Gasteiger partial charge in [0.1, 0.15) is 5.84 Å². The number of rotatable bonds is 3. The minimum atomic E-state index is -0.0294. The first-order chi connectivity index (χ1) is 13.6. The topological polar surface area (TPSA) is 53.5 Å². The minimum Gasteiger partial charge on any atom is -0.355 e. The second kappa shape index (κ2) is 8.18. The molecule has 1 spiro atoms. The number of anilines is 1. The third-order valence-electron chi connectivity index (χ3n) is 5.68. The van der Waals surface area contributed by atoms with Crippen LogP contribution in [-0.2, 0) is 13.0 Å². The first kappa shape index (κ1) is 19.3. The van der Waals surface area contributed by atoms with Gasteiger partial charge in [0, 0.05) is 28.7 Å². The molecule has 0 unspecified atom stereocenters. The summed E-state index contributed by atoms with van der Waals surface area (Å²) >= 11 is 8.13. The number of amides is 1. The van der Waals surface area contributed by atoms with Crippen molar-refractivity contribution < 1.29 is 4.79 Å². The van der Waals surface area contributed by atoms with E-state index >= 15 is 0 Å². The maximum absolute atomic E-state index is 12.4. The first-order valence-electron chi connectivity index (χ1n) is 9.59. The van der Waals surface area contributed by atoms with Gasteiger partial charge in [-0.15, -0.1) is 0 Å². The number of carbonyl (C=O) groups excluding carboxylic acids is 1. The summed E-state index contributed by atoms with van der Waals surface area (Å²) in [6.45, 7) is 0.599. The van der Waals surface area contributed by atoms with Crippen LogP contribution in [0.25, 0.3) is 0 Å². The van der Waals surface area contributed by atoms with Crippen molar-refractivity contribution >= 4 is 40.8 Å². The Morgan fingerprint density at radius 2 is 2.04 bits per heavy atom. The molecule has 28 heavy (non-hydrogen) atoms. The zero-order chi connectivity index (χ0) is 19.6. The summed E-state index contributed by atoms with van der Waals surface area (Å²) in [4.78, 5) is 17.4. The molecule has 1 amide bonds. The highest BCUT2D eigenvalue weighted by Crippen LogP contribution is 2.45. The molecule has 2 aromatic rings. The van der Waals surface area contributed by atoms with Crippen molar-refractivity contribution in [2.75, 3.05) is 23.9 Å². The van der Waals surface area contributed by atoms with E-state index in [0.717, 1.165) is 64.0 Å². The van der Waals surface area contributed by atoms with E-state index in [1.807, 2.05) is 48.2 Å². The van der Waals surface area contributed by atoms with Gasteiger partial charge in [-0.2, -0.15) is 11.8 Å². The molecule has 2 heterocycles. The van der Waals surface area contributed by atoms with E-state index in [4.69, 9.17) is 16.6 Å². The van der Waals surface area contributed by atoms with Crippen molar-refractivity contribution in [2.24, 2.45) is 10.4 Å². The van der Waals surface area contributed by atoms with E-state index < -0.39 is 0 Å². The molecule has 1 fully saturated rings. The largest absolute Gasteiger partial charge is 0.355 e. The van der Waals surface area contributed by atoms with Gasteiger partial charge in [-0.25, -0.2) is 0 Å². The fourth-order valence-electron chi connectivity index (χ4n) is 4.11. The molecule has 4 rings (SSSR count). The highest BCUT2D eigenvalue weighted by Gasteiger charge is 2.42. The van der Waals surface area contributed by atoms with E-state index in [-0.39, 0.29) is 11.3 Å². The van der Waals surface area contributed by atoms with Gasteiger partial charge in [0.05, 0.1) is 6.54 Å². The number of halogens is 1. The summed E-state index contributed by atoms with van der Waals surface area (Å²) in [6.07, 6.45) is 3.00. The lowest BCUT2D eigenvalue weighted by Gasteiger charge is -2.43. The van der Waals surface area contributed by atoms with Crippen LogP contribution in [0.2, 0.25) is 5.02 Å². The number of hydrogen-bond donors (Lipinski definition) is 2. The fourth-order valence-corrected chi connectivity index (χ4v) is 5.60. The Kier molecular flexibility index (Phi) is 5.65. The van der Waals surface area contributed by atoms with Crippen LogP contribution < -0.4 is 10.6 Å². The van der Waals surface area contributed by atoms with Gasteiger partial charge >= 0.3 is 0 Å². The van der Waals surface area contributed by atoms with Crippen LogP contribution in [0.5, 0.6) is 0 Å². The maximum Gasteiger partial charge on any atom is 0.251 e. The van der Waals surface area contributed by atoms with Gasteiger partial charge in [-0.05, 0) is 66.2 Å². The third kappa shape index (κ3) is 3.78. The zero-order valence-corrected chi connectivity index (χ0v) is 17.5. The molecule has 0 saturated carbocycles. The highest BCUT2D eigenvalue weighted by atomic mass is 35.5. The normalized spacial score (nSPS) is 19.1. The van der Waals surface area contributed by atoms with Crippen LogP contribution in [-0.4, -0.2) is 30.3 Å². The van der Waals surface area contributed by atoms with Crippen molar-refractivity contribution in [2.45, 2.75) is 25.8 Å².